The van der Waals surface area contributed by atoms with Crippen LogP contribution in [0.4, 0.5) is 16.6 Å². The van der Waals surface area contributed by atoms with Gasteiger partial charge in [-0.2, -0.15) is 10.1 Å². The number of piperidine rings is 1. The van der Waals surface area contributed by atoms with E-state index in [1.165, 1.54) is 23.9 Å². The molecule has 2 aromatic carbocycles. The van der Waals surface area contributed by atoms with Crippen molar-refractivity contribution in [3.05, 3.63) is 107 Å². The minimum Gasteiger partial charge on any atom is -0.459 e. The number of esters is 1. The van der Waals surface area contributed by atoms with E-state index in [2.05, 4.69) is 38.1 Å². The molecule has 688 valence electrons. The summed E-state index contributed by atoms with van der Waals surface area (Å²) >= 11 is 0. The maximum absolute atomic E-state index is 14.8. The van der Waals surface area contributed by atoms with Gasteiger partial charge in [0, 0.05) is 104 Å². The number of nitrogen functional groups attached to an aromatic ring is 2. The number of amides is 3. The summed E-state index contributed by atoms with van der Waals surface area (Å²) in [5.41, 5.74) is 27.3. The van der Waals surface area contributed by atoms with Crippen LogP contribution in [0.25, 0.3) is 33.4 Å². The van der Waals surface area contributed by atoms with Crippen molar-refractivity contribution in [2.45, 2.75) is 212 Å². The van der Waals surface area contributed by atoms with Crippen LogP contribution in [0.1, 0.15) is 148 Å². The Bertz CT molecular complexity index is 4470. The second-order valence-corrected chi connectivity index (χ2v) is 34.3. The van der Waals surface area contributed by atoms with E-state index in [0.717, 1.165) is 28.7 Å². The fourth-order valence-electron chi connectivity index (χ4n) is 17.8. The highest BCUT2D eigenvalue weighted by Gasteiger charge is 2.53. The Hall–Kier alpha value is -8.52. The molecule has 33 nitrogen and oxygen atoms in total. The zero-order chi connectivity index (χ0) is 89.1. The molecule has 0 spiro atoms. The lowest BCUT2D eigenvalue weighted by molar-refractivity contribution is -0.265. The molecule has 11 rings (SSSR count). The van der Waals surface area contributed by atoms with Gasteiger partial charge in [-0.15, -0.1) is 0 Å². The number of benzene rings is 2. The van der Waals surface area contributed by atoms with Gasteiger partial charge in [-0.3, -0.25) is 24.1 Å². The van der Waals surface area contributed by atoms with Gasteiger partial charge in [0.15, 0.2) is 17.0 Å². The molecule has 1 saturated carbocycles. The summed E-state index contributed by atoms with van der Waals surface area (Å²) in [6, 6.07) is 10.1. The number of oxazole rings is 1. The Balaban J connectivity index is 0.538. The number of ether oxygens (including phenoxy) is 12. The van der Waals surface area contributed by atoms with Gasteiger partial charge in [0.1, 0.15) is 53.8 Å². The number of anilines is 2. The third-order valence-corrected chi connectivity index (χ3v) is 25.2. The van der Waals surface area contributed by atoms with Gasteiger partial charge >= 0.3 is 12.1 Å². The molecule has 0 unspecified atom stereocenters. The summed E-state index contributed by atoms with van der Waals surface area (Å²) in [7, 11) is 4.61. The molecule has 5 aliphatic heterocycles. The molecule has 125 heavy (non-hydrogen) atoms. The zero-order valence-electron chi connectivity index (χ0n) is 74.5. The van der Waals surface area contributed by atoms with Crippen molar-refractivity contribution in [3.63, 3.8) is 0 Å². The van der Waals surface area contributed by atoms with Crippen LogP contribution in [0.2, 0.25) is 0 Å². The van der Waals surface area contributed by atoms with Crippen molar-refractivity contribution in [3.8, 4) is 11.3 Å². The van der Waals surface area contributed by atoms with Gasteiger partial charge in [-0.25, -0.2) is 24.2 Å². The second kappa shape index (κ2) is 48.0. The van der Waals surface area contributed by atoms with E-state index in [4.69, 9.17) is 83.6 Å². The number of fused-ring (bicyclic) bond motifs is 6. The summed E-state index contributed by atoms with van der Waals surface area (Å²) in [4.78, 5) is 105. The molecule has 3 amide bonds. The van der Waals surface area contributed by atoms with Gasteiger partial charge in [0.2, 0.25) is 11.7 Å². The number of rotatable bonds is 31. The predicted molar refractivity (Wildman–Crippen MR) is 467 cm³/mol. The average Bonchev–Trinajstić information content (AvgIpc) is 1.62. The molecule has 1 aliphatic carbocycles. The van der Waals surface area contributed by atoms with Crippen LogP contribution >= 0.6 is 0 Å². The highest BCUT2D eigenvalue weighted by atomic mass is 16.6. The molecular formula is C92H134N12O21. The number of carbonyl (C=O) groups excluding carboxylic acids is 6. The molecule has 3 aromatic heterocycles. The molecule has 8 N–H and O–H groups in total. The molecule has 15 atom stereocenters. The van der Waals surface area contributed by atoms with Crippen LogP contribution < -0.4 is 17.2 Å². The molecule has 5 aromatic rings. The number of piperazine rings is 1. The SMILES string of the molecule is CO[C@H]1C[C@@H]2CC[C@@H](C)[C@@](O)(O2)C(=O)C(=O)N2CCCC[C@H]2C(=O)O[C@H]([C@H](N)C[C@@H]2CC[C@@H](OC(=O)N3CCN(CCOCCOCCOCCOCCOCCOCCC(=O)N4CCc5cc(Cn6nc(-c7ccc8oc(N)nc8c7)c7c(N)ncnc76)ccc5C4)CC3)[C@H](OC)C2)CC[C@H](C)/C=C(\C)[C@@H](O)[C@@H](OC)C(=O)[C@H](C)C[C@H](C)/C=C/C=C/C=C/1C. The third kappa shape index (κ3) is 27.0. The lowest BCUT2D eigenvalue weighted by Crippen LogP contribution is -2.61. The summed E-state index contributed by atoms with van der Waals surface area (Å²) in [6.07, 6.45) is 14.3. The van der Waals surface area contributed by atoms with Crippen molar-refractivity contribution in [2.24, 2.45) is 35.3 Å². The molecule has 0 radical (unpaired) electrons. The summed E-state index contributed by atoms with van der Waals surface area (Å²) in [6.45, 7) is 20.8. The number of allylic oxidation sites excluding steroid dienone is 6. The summed E-state index contributed by atoms with van der Waals surface area (Å²) in [5, 5.41) is 29.4. The largest absolute Gasteiger partial charge is 0.459 e. The lowest BCUT2D eigenvalue weighted by atomic mass is 9.80. The van der Waals surface area contributed by atoms with Gasteiger partial charge in [-0.1, -0.05) is 82.4 Å². The first-order valence-electron chi connectivity index (χ1n) is 44.7. The van der Waals surface area contributed by atoms with E-state index in [0.29, 0.717) is 248 Å². The predicted octanol–water partition coefficient (Wildman–Crippen LogP) is 8.69. The number of aliphatic hydroxyl groups is 2. The van der Waals surface area contributed by atoms with Gasteiger partial charge < -0.3 is 103 Å². The Kier molecular flexibility index (Phi) is 37.3. The van der Waals surface area contributed by atoms with E-state index in [-0.39, 0.29) is 54.8 Å². The lowest BCUT2D eigenvalue weighted by Gasteiger charge is -2.42. The number of hydrogen-bond acceptors (Lipinski definition) is 29. The van der Waals surface area contributed by atoms with Crippen LogP contribution in [-0.2, 0) is 100 Å². The van der Waals surface area contributed by atoms with Gasteiger partial charge in [0.05, 0.1) is 116 Å². The van der Waals surface area contributed by atoms with Crippen LogP contribution in [0.15, 0.2) is 94.7 Å². The normalized spacial score (nSPS) is 28.2. The highest BCUT2D eigenvalue weighted by Crippen LogP contribution is 2.39. The number of nitrogens with zero attached hydrogens (tertiary/aromatic N) is 9. The van der Waals surface area contributed by atoms with Crippen molar-refractivity contribution in [2.75, 3.05) is 158 Å². The molecule has 33 heteroatoms. The molecule has 6 aliphatic rings. The first-order valence-corrected chi connectivity index (χ1v) is 44.7. The Labute approximate surface area is 733 Å². The second-order valence-electron chi connectivity index (χ2n) is 34.3. The van der Waals surface area contributed by atoms with E-state index in [1.54, 1.807) is 39.0 Å². The Morgan fingerprint density at radius 2 is 1.40 bits per heavy atom. The number of hydrogen-bond donors (Lipinski definition) is 5. The minimum atomic E-state index is -2.45. The maximum atomic E-state index is 14.8. The zero-order valence-corrected chi connectivity index (χ0v) is 74.5. The number of methoxy groups -OCH3 is 3. The number of aliphatic hydroxyl groups excluding tert-OH is 1. The Morgan fingerprint density at radius 1 is 0.688 bits per heavy atom. The number of cyclic esters (lactones) is 1. The standard InChI is InChI=1S/C92H134N12O21/c1-59-15-11-10-12-16-61(3)77(113-7)55-70-24-19-64(6)92(112,125-70)85(108)88(109)103-30-14-13-17-73(103)89(110)122-74(25-18-60(2)50-63(5)83(107)84(115-9)82(106)62(4)49-59)71(93)52-65-21-26-76(78(53-65)114-8)124-91(111)101-34-32-100(33-35-101)36-38-117-40-42-119-44-46-121-48-47-120-45-43-118-41-39-116-37-29-79(105)102-31-28-67-51-66(20-22-69(67)57-102)56-104-87-80(86(94)96-58-97-87)81(99-104)68-23-27-75-72(54-68)98-90(95)123-75/h10-12,15-16,20,22-23,27,50-51,54,58-60,62,64-65,70-71,73-74,76-78,83-84,107,112H,13-14,17-19,21,24-26,28-49,52-53,55-57,93H2,1-9H3,(H2,95,98)(H2,94,96,97)/b12-10+,15-11+,61-16+,63-50+/t59-,60+,62-,64-,65+,70+,71-,73+,74+,76-,77+,78-,83-,84+,92-/m1/s1. The molecular weight excluding hydrogens is 1610 g/mol. The van der Waals surface area contributed by atoms with Crippen molar-refractivity contribution >= 4 is 69.4 Å². The van der Waals surface area contributed by atoms with Crippen LogP contribution in [0, 0.1) is 29.6 Å². The molecule has 2 bridgehead atoms. The quantitative estimate of drug-likeness (QED) is 0.0120. The average molecular weight is 1740 g/mol. The number of carbonyl (C=O) groups is 6. The first kappa shape index (κ1) is 97.1. The summed E-state index contributed by atoms with van der Waals surface area (Å²) in [5.74, 6) is -6.49. The smallest absolute Gasteiger partial charge is 0.410 e. The van der Waals surface area contributed by atoms with E-state index >= 15 is 0 Å². The summed E-state index contributed by atoms with van der Waals surface area (Å²) < 4.78 is 78.1. The van der Waals surface area contributed by atoms with E-state index in [1.807, 2.05) is 85.9 Å². The molecule has 4 fully saturated rings. The Morgan fingerprint density at radius 3 is 2.10 bits per heavy atom. The van der Waals surface area contributed by atoms with Gasteiger partial charge in [0.25, 0.3) is 17.7 Å². The number of nitrogens with two attached hydrogens (primary N) is 3. The van der Waals surface area contributed by atoms with Crippen molar-refractivity contribution in [1.82, 2.24) is 44.3 Å². The fourth-order valence-corrected chi connectivity index (χ4v) is 17.8. The van der Waals surface area contributed by atoms with Crippen LogP contribution in [-0.4, -0.2) is 297 Å². The van der Waals surface area contributed by atoms with Gasteiger partial charge in [-0.05, 0) is 161 Å². The topological polar surface area (TPSA) is 414 Å². The third-order valence-electron chi connectivity index (χ3n) is 25.2. The number of aromatic nitrogens is 5. The first-order chi connectivity index (χ1) is 60.3. The molecule has 3 saturated heterocycles. The van der Waals surface area contributed by atoms with Crippen LogP contribution in [0.3, 0.4) is 0 Å². The van der Waals surface area contributed by atoms with Crippen molar-refractivity contribution in [1.29, 1.82) is 0 Å². The maximum Gasteiger partial charge on any atom is 0.410 e. The van der Waals surface area contributed by atoms with Crippen LogP contribution in [0.5, 0.6) is 0 Å². The monoisotopic (exact) mass is 1740 g/mol. The van der Waals surface area contributed by atoms with E-state index in [9.17, 15) is 39.0 Å². The number of ketones is 2. The van der Waals surface area contributed by atoms with E-state index < -0.39 is 96.2 Å². The highest BCUT2D eigenvalue weighted by molar-refractivity contribution is 6.39. The molecule has 8 heterocycles. The minimum absolute atomic E-state index is 0.00944. The fraction of sp³-hybridized carbons (Fsp3) is 0.652. The van der Waals surface area contributed by atoms with Crippen molar-refractivity contribution < 1.29 is 100 Å². The number of Topliss-reactive ketones (excluding diaryl/α,β-unsaturated/α-hetero) is 2.